The van der Waals surface area contributed by atoms with Gasteiger partial charge in [-0.15, -0.1) is 0 Å². The van der Waals surface area contributed by atoms with Gasteiger partial charge in [-0.05, 0) is 58.8 Å². The van der Waals surface area contributed by atoms with Gasteiger partial charge in [-0.3, -0.25) is 4.99 Å². The van der Waals surface area contributed by atoms with Crippen molar-refractivity contribution in [2.24, 2.45) is 4.99 Å². The lowest BCUT2D eigenvalue weighted by atomic mass is 9.91. The molecule has 4 aromatic carbocycles. The average molecular weight is 403 g/mol. The molecule has 0 bridgehead atoms. The largest absolute Gasteiger partial charge is 0.340 e. The number of aliphatic imine (C=N–C) groups is 1. The van der Waals surface area contributed by atoms with Crippen LogP contribution in [0.5, 0.6) is 0 Å². The lowest BCUT2D eigenvalue weighted by molar-refractivity contribution is 0.872. The molecule has 1 aliphatic rings. The molecule has 0 radical (unpaired) electrons. The van der Waals surface area contributed by atoms with E-state index in [0.29, 0.717) is 5.02 Å². The fourth-order valence-corrected chi connectivity index (χ4v) is 3.95. The summed E-state index contributed by atoms with van der Waals surface area (Å²) in [5, 5.41) is 7.35. The maximum atomic E-state index is 6.12. The molecule has 1 N–H and O–H groups in total. The maximum Gasteiger partial charge on any atom is 0.133 e. The number of benzene rings is 4. The van der Waals surface area contributed by atoms with Crippen molar-refractivity contribution in [3.05, 3.63) is 112 Å². The van der Waals surface area contributed by atoms with Gasteiger partial charge in [0.1, 0.15) is 11.9 Å². The predicted octanol–water partition coefficient (Wildman–Crippen LogP) is 7.11. The fourth-order valence-electron chi connectivity index (χ4n) is 3.69. The molecule has 28 heavy (non-hydrogen) atoms. The summed E-state index contributed by atoms with van der Waals surface area (Å²) in [7, 11) is 0. The van der Waals surface area contributed by atoms with E-state index >= 15 is 0 Å². The van der Waals surface area contributed by atoms with Crippen molar-refractivity contribution in [3.8, 4) is 0 Å². The van der Waals surface area contributed by atoms with E-state index in [9.17, 15) is 0 Å². The lowest BCUT2D eigenvalue weighted by Crippen LogP contribution is -2.22. The standard InChI is InChI=1S/C24H16Cl2N2/c25-18-10-5-16(6-11-18)23-22-20-4-2-1-3-15(20)9-14-21(22)27-24(28-23)17-7-12-19(26)13-8-17/h1-14,23H,(H,27,28). The van der Waals surface area contributed by atoms with E-state index in [-0.39, 0.29) is 6.04 Å². The Kier molecular flexibility index (Phi) is 4.31. The van der Waals surface area contributed by atoms with Crippen molar-refractivity contribution < 1.29 is 0 Å². The first kappa shape index (κ1) is 17.3. The molecule has 1 aliphatic heterocycles. The number of hydrogen-bond donors (Lipinski definition) is 1. The van der Waals surface area contributed by atoms with Gasteiger partial charge in [0.15, 0.2) is 0 Å². The summed E-state index contributed by atoms with van der Waals surface area (Å²) < 4.78 is 0. The van der Waals surface area contributed by atoms with Crippen LogP contribution in [0.3, 0.4) is 0 Å². The molecule has 0 saturated heterocycles. The topological polar surface area (TPSA) is 24.4 Å². The number of nitrogens with zero attached hydrogens (tertiary/aromatic N) is 1. The molecule has 2 nitrogen and oxygen atoms in total. The summed E-state index contributed by atoms with van der Waals surface area (Å²) in [6.45, 7) is 0. The Morgan fingerprint density at radius 1 is 0.714 bits per heavy atom. The van der Waals surface area contributed by atoms with Crippen molar-refractivity contribution in [1.82, 2.24) is 0 Å². The predicted molar refractivity (Wildman–Crippen MR) is 119 cm³/mol. The van der Waals surface area contributed by atoms with Crippen LogP contribution < -0.4 is 5.32 Å². The van der Waals surface area contributed by atoms with E-state index in [1.54, 1.807) is 0 Å². The SMILES string of the molecule is Clc1ccc(C2=NC(c3ccc(Cl)cc3)c3c(ccc4ccccc34)N2)cc1. The molecule has 0 saturated carbocycles. The number of amidine groups is 1. The molecule has 1 unspecified atom stereocenters. The molecule has 1 atom stereocenters. The van der Waals surface area contributed by atoms with Gasteiger partial charge in [-0.2, -0.15) is 0 Å². The molecule has 0 aliphatic carbocycles. The second-order valence-electron chi connectivity index (χ2n) is 6.81. The van der Waals surface area contributed by atoms with E-state index in [1.807, 2.05) is 48.5 Å². The zero-order valence-corrected chi connectivity index (χ0v) is 16.4. The molecule has 0 aromatic heterocycles. The third kappa shape index (κ3) is 3.05. The number of hydrogen-bond acceptors (Lipinski definition) is 2. The van der Waals surface area contributed by atoms with Crippen LogP contribution in [0.25, 0.3) is 10.8 Å². The summed E-state index contributed by atoms with van der Waals surface area (Å²) in [5.74, 6) is 0.833. The first-order valence-electron chi connectivity index (χ1n) is 9.07. The number of halogens is 2. The Balaban J connectivity index is 1.73. The van der Waals surface area contributed by atoms with E-state index < -0.39 is 0 Å². The monoisotopic (exact) mass is 402 g/mol. The minimum Gasteiger partial charge on any atom is -0.340 e. The Labute approximate surface area is 173 Å². The normalized spacial score (nSPS) is 15.6. The van der Waals surface area contributed by atoms with Crippen LogP contribution in [0, 0.1) is 0 Å². The van der Waals surface area contributed by atoms with E-state index in [2.05, 4.69) is 41.7 Å². The van der Waals surface area contributed by atoms with Crippen LogP contribution in [-0.2, 0) is 0 Å². The van der Waals surface area contributed by atoms with Gasteiger partial charge >= 0.3 is 0 Å². The molecule has 0 spiro atoms. The van der Waals surface area contributed by atoms with Gasteiger partial charge < -0.3 is 5.32 Å². The minimum absolute atomic E-state index is 0.120. The van der Waals surface area contributed by atoms with Gasteiger partial charge in [0, 0.05) is 26.9 Å². The van der Waals surface area contributed by atoms with E-state index in [1.165, 1.54) is 16.3 Å². The second kappa shape index (κ2) is 6.97. The second-order valence-corrected chi connectivity index (χ2v) is 7.68. The van der Waals surface area contributed by atoms with Crippen LogP contribution in [-0.4, -0.2) is 5.84 Å². The lowest BCUT2D eigenvalue weighted by Gasteiger charge is -2.27. The van der Waals surface area contributed by atoms with Crippen LogP contribution in [0.2, 0.25) is 10.0 Å². The molecule has 5 rings (SSSR count). The van der Waals surface area contributed by atoms with Crippen molar-refractivity contribution in [1.29, 1.82) is 0 Å². The van der Waals surface area contributed by atoms with Crippen molar-refractivity contribution in [2.45, 2.75) is 6.04 Å². The van der Waals surface area contributed by atoms with Gasteiger partial charge in [-0.25, -0.2) is 0 Å². The molecule has 1 heterocycles. The van der Waals surface area contributed by atoms with E-state index in [0.717, 1.165) is 27.7 Å². The van der Waals surface area contributed by atoms with Crippen molar-refractivity contribution in [3.63, 3.8) is 0 Å². The molecule has 4 heteroatoms. The fraction of sp³-hybridized carbons (Fsp3) is 0.0417. The quantitative estimate of drug-likeness (QED) is 0.379. The van der Waals surface area contributed by atoms with Crippen LogP contribution >= 0.6 is 23.2 Å². The van der Waals surface area contributed by atoms with Crippen LogP contribution in [0.1, 0.15) is 22.7 Å². The van der Waals surface area contributed by atoms with Gasteiger partial charge in [0.25, 0.3) is 0 Å². The van der Waals surface area contributed by atoms with E-state index in [4.69, 9.17) is 28.2 Å². The summed E-state index contributed by atoms with van der Waals surface area (Å²) in [4.78, 5) is 5.09. The molecule has 0 fully saturated rings. The van der Waals surface area contributed by atoms with Crippen LogP contribution in [0.15, 0.2) is 89.9 Å². The first-order chi connectivity index (χ1) is 13.7. The molecular formula is C24H16Cl2N2. The molecular weight excluding hydrogens is 387 g/mol. The Bertz CT molecular complexity index is 1200. The van der Waals surface area contributed by atoms with Crippen LogP contribution in [0.4, 0.5) is 5.69 Å². The van der Waals surface area contributed by atoms with Crippen molar-refractivity contribution >= 4 is 45.5 Å². The van der Waals surface area contributed by atoms with Gasteiger partial charge in [0.2, 0.25) is 0 Å². The Hall–Kier alpha value is -2.81. The Morgan fingerprint density at radius 3 is 2.14 bits per heavy atom. The number of nitrogens with one attached hydrogen (secondary N) is 1. The highest BCUT2D eigenvalue weighted by Gasteiger charge is 2.25. The third-order valence-electron chi connectivity index (χ3n) is 5.06. The highest BCUT2D eigenvalue weighted by atomic mass is 35.5. The third-order valence-corrected chi connectivity index (χ3v) is 5.56. The summed E-state index contributed by atoms with van der Waals surface area (Å²) in [6.07, 6.45) is 0. The highest BCUT2D eigenvalue weighted by molar-refractivity contribution is 6.31. The van der Waals surface area contributed by atoms with Crippen molar-refractivity contribution in [2.75, 3.05) is 5.32 Å². The Morgan fingerprint density at radius 2 is 1.39 bits per heavy atom. The highest BCUT2D eigenvalue weighted by Crippen LogP contribution is 2.40. The zero-order valence-electron chi connectivity index (χ0n) is 14.9. The zero-order chi connectivity index (χ0) is 19.1. The summed E-state index contributed by atoms with van der Waals surface area (Å²) in [6, 6.07) is 28.2. The number of anilines is 1. The molecule has 4 aromatic rings. The number of fused-ring (bicyclic) bond motifs is 3. The maximum absolute atomic E-state index is 6.12. The smallest absolute Gasteiger partial charge is 0.133 e. The first-order valence-corrected chi connectivity index (χ1v) is 9.82. The summed E-state index contributed by atoms with van der Waals surface area (Å²) >= 11 is 12.2. The average Bonchev–Trinajstić information content (AvgIpc) is 2.74. The number of rotatable bonds is 2. The summed E-state index contributed by atoms with van der Waals surface area (Å²) in [5.41, 5.74) is 4.36. The molecule has 0 amide bonds. The minimum atomic E-state index is -0.120. The molecule has 136 valence electrons. The van der Waals surface area contributed by atoms with Gasteiger partial charge in [-0.1, -0.05) is 65.7 Å². The van der Waals surface area contributed by atoms with Gasteiger partial charge in [0.05, 0.1) is 0 Å².